The lowest BCUT2D eigenvalue weighted by atomic mass is 10.3. The Morgan fingerprint density at radius 1 is 1.64 bits per heavy atom. The van der Waals surface area contributed by atoms with Crippen LogP contribution in [0.3, 0.4) is 0 Å². The average molecular weight is 193 g/mol. The number of carbonyl (C=O) groups excluding carboxylic acids is 1. The van der Waals surface area contributed by atoms with Crippen molar-refractivity contribution in [2.24, 2.45) is 0 Å². The van der Waals surface area contributed by atoms with Crippen molar-refractivity contribution in [1.29, 1.82) is 0 Å². The second-order valence-corrected chi connectivity index (χ2v) is 2.55. The lowest BCUT2D eigenvalue weighted by Crippen LogP contribution is -2.24. The maximum absolute atomic E-state index is 11.3. The molecule has 0 atom stereocenters. The molecule has 0 radical (unpaired) electrons. The summed E-state index contributed by atoms with van der Waals surface area (Å²) in [6.45, 7) is -0.444. The molecule has 2 aromatic rings. The molecule has 1 amide bonds. The third kappa shape index (κ3) is 1.31. The predicted molar refractivity (Wildman–Crippen MR) is 46.4 cm³/mol. The van der Waals surface area contributed by atoms with Crippen LogP contribution in [0.2, 0.25) is 0 Å². The van der Waals surface area contributed by atoms with Crippen LogP contribution in [0.25, 0.3) is 11.1 Å². The predicted octanol–water partition coefficient (Wildman–Crippen LogP) is -0.0976. The van der Waals surface area contributed by atoms with E-state index in [1.54, 1.807) is 12.1 Å². The number of rotatable bonds is 2. The molecule has 14 heavy (non-hydrogen) atoms. The van der Waals surface area contributed by atoms with Crippen LogP contribution in [0.5, 0.6) is 0 Å². The topological polar surface area (TPSA) is 88.2 Å². The Kier molecular flexibility index (Phi) is 2.11. The molecular weight excluding hydrogens is 186 g/mol. The Morgan fingerprint density at radius 2 is 2.50 bits per heavy atom. The smallest absolute Gasteiger partial charge is 0.277 e. The van der Waals surface area contributed by atoms with Crippen molar-refractivity contribution >= 4 is 17.0 Å². The van der Waals surface area contributed by atoms with Gasteiger partial charge in [-0.2, -0.15) is 0 Å². The van der Waals surface area contributed by atoms with E-state index in [1.165, 1.54) is 6.20 Å². The molecule has 0 saturated heterocycles. The third-order valence-corrected chi connectivity index (χ3v) is 1.68. The first-order valence-corrected chi connectivity index (χ1v) is 3.92. The van der Waals surface area contributed by atoms with E-state index in [-0.39, 0.29) is 5.69 Å². The van der Waals surface area contributed by atoms with Gasteiger partial charge in [0.25, 0.3) is 5.91 Å². The zero-order valence-corrected chi connectivity index (χ0v) is 7.10. The molecule has 0 aromatic carbocycles. The highest BCUT2D eigenvalue weighted by atomic mass is 16.5. The Bertz CT molecular complexity index is 466. The van der Waals surface area contributed by atoms with Gasteiger partial charge < -0.3 is 14.9 Å². The van der Waals surface area contributed by atoms with E-state index in [2.05, 4.69) is 15.5 Å². The largest absolute Gasteiger partial charge is 0.376 e. The number of aliphatic hydroxyl groups is 1. The number of amides is 1. The van der Waals surface area contributed by atoms with Crippen LogP contribution in [-0.2, 0) is 0 Å². The van der Waals surface area contributed by atoms with Gasteiger partial charge in [-0.3, -0.25) is 9.78 Å². The van der Waals surface area contributed by atoms with Gasteiger partial charge in [-0.25, -0.2) is 0 Å². The van der Waals surface area contributed by atoms with Crippen molar-refractivity contribution in [2.45, 2.75) is 0 Å². The number of hydrogen-bond acceptors (Lipinski definition) is 5. The monoisotopic (exact) mass is 193 g/mol. The fraction of sp³-hybridized carbons (Fsp3) is 0.125. The molecule has 6 nitrogen and oxygen atoms in total. The van der Waals surface area contributed by atoms with Crippen LogP contribution in [0.15, 0.2) is 22.9 Å². The molecule has 0 aliphatic heterocycles. The number of pyridine rings is 1. The molecule has 2 aromatic heterocycles. The second-order valence-electron chi connectivity index (χ2n) is 2.55. The summed E-state index contributed by atoms with van der Waals surface area (Å²) in [4.78, 5) is 15.2. The Hall–Kier alpha value is -1.95. The first-order valence-electron chi connectivity index (χ1n) is 3.92. The first kappa shape index (κ1) is 8.64. The van der Waals surface area contributed by atoms with Crippen molar-refractivity contribution in [3.05, 3.63) is 24.0 Å². The van der Waals surface area contributed by atoms with Crippen LogP contribution >= 0.6 is 0 Å². The summed E-state index contributed by atoms with van der Waals surface area (Å²) < 4.78 is 4.86. The summed E-state index contributed by atoms with van der Waals surface area (Å²) in [6, 6.07) is 3.34. The summed E-state index contributed by atoms with van der Waals surface area (Å²) in [5, 5.41) is 14.2. The number of nitrogens with one attached hydrogen (secondary N) is 1. The molecule has 6 heteroatoms. The van der Waals surface area contributed by atoms with Gasteiger partial charge in [-0.15, -0.1) is 0 Å². The van der Waals surface area contributed by atoms with E-state index in [0.29, 0.717) is 11.1 Å². The molecule has 0 saturated carbocycles. The Balaban J connectivity index is 2.47. The fourth-order valence-corrected chi connectivity index (χ4v) is 1.08. The van der Waals surface area contributed by atoms with Gasteiger partial charge in [-0.05, 0) is 12.1 Å². The first-order chi connectivity index (χ1) is 6.83. The van der Waals surface area contributed by atoms with Crippen molar-refractivity contribution < 1.29 is 14.4 Å². The number of fused-ring (bicyclic) bond motifs is 1. The highest BCUT2D eigenvalue weighted by Crippen LogP contribution is 2.14. The zero-order valence-electron chi connectivity index (χ0n) is 7.10. The molecular formula is C8H7N3O3. The van der Waals surface area contributed by atoms with Crippen molar-refractivity contribution in [2.75, 3.05) is 6.73 Å². The molecule has 0 fully saturated rings. The maximum atomic E-state index is 11.3. The highest BCUT2D eigenvalue weighted by Gasteiger charge is 2.15. The van der Waals surface area contributed by atoms with E-state index in [1.807, 2.05) is 0 Å². The second kappa shape index (κ2) is 3.43. The summed E-state index contributed by atoms with van der Waals surface area (Å²) in [5.74, 6) is -0.509. The van der Waals surface area contributed by atoms with Gasteiger partial charge in [0, 0.05) is 6.20 Å². The van der Waals surface area contributed by atoms with Gasteiger partial charge >= 0.3 is 0 Å². The highest BCUT2D eigenvalue weighted by molar-refractivity contribution is 6.02. The number of aromatic nitrogens is 2. The molecule has 2 N–H and O–H groups in total. The van der Waals surface area contributed by atoms with Gasteiger partial charge in [0.05, 0.1) is 0 Å². The quantitative estimate of drug-likeness (QED) is 0.650. The molecule has 72 valence electrons. The van der Waals surface area contributed by atoms with Crippen molar-refractivity contribution in [3.63, 3.8) is 0 Å². The van der Waals surface area contributed by atoms with Gasteiger partial charge in [0.2, 0.25) is 0 Å². The van der Waals surface area contributed by atoms with Gasteiger partial charge in [0.15, 0.2) is 11.3 Å². The minimum atomic E-state index is -0.509. The molecule has 0 aliphatic rings. The van der Waals surface area contributed by atoms with Crippen molar-refractivity contribution in [3.8, 4) is 0 Å². The van der Waals surface area contributed by atoms with E-state index >= 15 is 0 Å². The molecule has 0 spiro atoms. The number of nitrogens with zero attached hydrogens (tertiary/aromatic N) is 2. The minimum absolute atomic E-state index is 0.0784. The van der Waals surface area contributed by atoms with Crippen LogP contribution < -0.4 is 5.32 Å². The van der Waals surface area contributed by atoms with Gasteiger partial charge in [0.1, 0.15) is 12.2 Å². The van der Waals surface area contributed by atoms with E-state index in [0.717, 1.165) is 0 Å². The third-order valence-electron chi connectivity index (χ3n) is 1.68. The number of carbonyl (C=O) groups is 1. The lowest BCUT2D eigenvalue weighted by molar-refractivity contribution is 0.0902. The van der Waals surface area contributed by atoms with Crippen molar-refractivity contribution in [1.82, 2.24) is 15.5 Å². The van der Waals surface area contributed by atoms with E-state index in [9.17, 15) is 4.79 Å². The molecule has 0 aliphatic carbocycles. The standard InChI is InChI=1S/C8H7N3O3/c12-4-10-8(13)7-6-5(14-11-7)2-1-3-9-6/h1-3,12H,4H2,(H,10,13). The van der Waals surface area contributed by atoms with E-state index < -0.39 is 12.6 Å². The Morgan fingerprint density at radius 3 is 3.29 bits per heavy atom. The molecule has 2 rings (SSSR count). The number of aliphatic hydroxyl groups excluding tert-OH is 1. The SMILES string of the molecule is O=C(NCO)c1noc2cccnc12. The van der Waals surface area contributed by atoms with Crippen LogP contribution in [0.4, 0.5) is 0 Å². The Labute approximate surface area is 78.5 Å². The summed E-state index contributed by atoms with van der Waals surface area (Å²) >= 11 is 0. The summed E-state index contributed by atoms with van der Waals surface area (Å²) in [7, 11) is 0. The fourth-order valence-electron chi connectivity index (χ4n) is 1.08. The van der Waals surface area contributed by atoms with E-state index in [4.69, 9.17) is 9.63 Å². The summed E-state index contributed by atoms with van der Waals surface area (Å²) in [5.41, 5.74) is 0.906. The van der Waals surface area contributed by atoms with Gasteiger partial charge in [-0.1, -0.05) is 5.16 Å². The average Bonchev–Trinajstić information content (AvgIpc) is 2.61. The maximum Gasteiger partial charge on any atom is 0.277 e. The summed E-state index contributed by atoms with van der Waals surface area (Å²) in [6.07, 6.45) is 1.54. The van der Waals surface area contributed by atoms with Crippen LogP contribution in [0, 0.1) is 0 Å². The normalized spacial score (nSPS) is 10.4. The lowest BCUT2D eigenvalue weighted by Gasteiger charge is -1.95. The molecule has 0 unspecified atom stereocenters. The minimum Gasteiger partial charge on any atom is -0.376 e. The number of hydrogen-bond donors (Lipinski definition) is 2. The zero-order chi connectivity index (χ0) is 9.97. The van der Waals surface area contributed by atoms with Crippen LogP contribution in [0.1, 0.15) is 10.5 Å². The molecule has 0 bridgehead atoms. The molecule has 2 heterocycles. The van der Waals surface area contributed by atoms with Crippen LogP contribution in [-0.4, -0.2) is 27.9 Å².